The highest BCUT2D eigenvalue weighted by atomic mass is 16.6. The van der Waals surface area contributed by atoms with Crippen LogP contribution in [0.15, 0.2) is 0 Å². The number of aliphatic hydroxyl groups is 1. The molecular weight excluding hydrogens is 292 g/mol. The summed E-state index contributed by atoms with van der Waals surface area (Å²) in [5.41, 5.74) is 0. The number of carboxylic acid groups (broad SMARTS) is 2. The van der Waals surface area contributed by atoms with Crippen molar-refractivity contribution in [1.82, 2.24) is 10.0 Å². The highest BCUT2D eigenvalue weighted by Gasteiger charge is 2.38. The van der Waals surface area contributed by atoms with Crippen molar-refractivity contribution < 1.29 is 29.6 Å². The predicted molar refractivity (Wildman–Crippen MR) is 75.9 cm³/mol. The fraction of sp³-hybridized carbons (Fsp3) is 0.857. The Hall–Kier alpha value is -1.22. The second kappa shape index (κ2) is 7.87. The lowest BCUT2D eigenvalue weighted by molar-refractivity contribution is -0.225. The monoisotopic (exact) mass is 316 g/mol. The molecule has 1 unspecified atom stereocenters. The average molecular weight is 316 g/mol. The molecule has 0 radical (unpaired) electrons. The number of rotatable bonds is 6. The molecule has 0 aromatic heterocycles. The molecule has 2 saturated heterocycles. The standard InChI is InChI=1S/C14H24N2O6/c17-11(13(18)19)12(14(20)21)22-10-6-2-5-9-16(10)15-7-3-1-4-8-15/h10-12,17H,1-9H2,(H,18,19)(H,20,21)/t10?,11-,12-/m0/s1. The van der Waals surface area contributed by atoms with E-state index in [1.807, 2.05) is 5.01 Å². The van der Waals surface area contributed by atoms with Gasteiger partial charge in [0.1, 0.15) is 6.23 Å². The van der Waals surface area contributed by atoms with Gasteiger partial charge in [0.2, 0.25) is 0 Å². The van der Waals surface area contributed by atoms with E-state index in [0.717, 1.165) is 45.3 Å². The van der Waals surface area contributed by atoms with Crippen molar-refractivity contribution in [1.29, 1.82) is 0 Å². The molecule has 0 bridgehead atoms. The summed E-state index contributed by atoms with van der Waals surface area (Å²) in [5.74, 6) is -3.05. The maximum Gasteiger partial charge on any atom is 0.336 e. The van der Waals surface area contributed by atoms with Crippen LogP contribution < -0.4 is 0 Å². The number of hydrazine groups is 1. The van der Waals surface area contributed by atoms with Crippen LogP contribution in [0.2, 0.25) is 0 Å². The number of aliphatic carboxylic acids is 2. The molecule has 0 aliphatic carbocycles. The fourth-order valence-electron chi connectivity index (χ4n) is 3.05. The smallest absolute Gasteiger partial charge is 0.336 e. The summed E-state index contributed by atoms with van der Waals surface area (Å²) in [6, 6.07) is 0. The van der Waals surface area contributed by atoms with Crippen molar-refractivity contribution in [3.05, 3.63) is 0 Å². The highest BCUT2D eigenvalue weighted by Crippen LogP contribution is 2.24. The zero-order valence-corrected chi connectivity index (χ0v) is 12.6. The lowest BCUT2D eigenvalue weighted by Gasteiger charge is -2.45. The fourth-order valence-corrected chi connectivity index (χ4v) is 3.05. The van der Waals surface area contributed by atoms with Crippen LogP contribution in [0.5, 0.6) is 0 Å². The van der Waals surface area contributed by atoms with Gasteiger partial charge in [-0.05, 0) is 32.1 Å². The summed E-state index contributed by atoms with van der Waals surface area (Å²) >= 11 is 0. The van der Waals surface area contributed by atoms with Crippen molar-refractivity contribution in [2.24, 2.45) is 0 Å². The Balaban J connectivity index is 2.05. The molecule has 0 aromatic carbocycles. The lowest BCUT2D eigenvalue weighted by atomic mass is 10.1. The Morgan fingerprint density at radius 1 is 0.955 bits per heavy atom. The van der Waals surface area contributed by atoms with E-state index in [4.69, 9.17) is 14.9 Å². The van der Waals surface area contributed by atoms with Crippen molar-refractivity contribution in [2.75, 3.05) is 19.6 Å². The average Bonchev–Trinajstić information content (AvgIpc) is 2.52. The summed E-state index contributed by atoms with van der Waals surface area (Å²) in [5, 5.41) is 31.7. The molecule has 2 aliphatic heterocycles. The normalized spacial score (nSPS) is 27.2. The second-order valence-electron chi connectivity index (χ2n) is 5.81. The molecule has 0 spiro atoms. The molecule has 0 saturated carbocycles. The van der Waals surface area contributed by atoms with Crippen LogP contribution in [0.1, 0.15) is 38.5 Å². The van der Waals surface area contributed by atoms with E-state index in [2.05, 4.69) is 5.01 Å². The van der Waals surface area contributed by atoms with E-state index in [0.29, 0.717) is 6.42 Å². The van der Waals surface area contributed by atoms with Gasteiger partial charge in [0, 0.05) is 19.6 Å². The Morgan fingerprint density at radius 3 is 2.18 bits per heavy atom. The number of aliphatic hydroxyl groups excluding tert-OH is 1. The summed E-state index contributed by atoms with van der Waals surface area (Å²) < 4.78 is 5.50. The first kappa shape index (κ1) is 17.1. The largest absolute Gasteiger partial charge is 0.479 e. The third kappa shape index (κ3) is 4.16. The molecular formula is C14H24N2O6. The maximum absolute atomic E-state index is 11.2. The van der Waals surface area contributed by atoms with Crippen LogP contribution in [-0.4, -0.2) is 75.3 Å². The zero-order valence-electron chi connectivity index (χ0n) is 12.6. The molecule has 8 heteroatoms. The Morgan fingerprint density at radius 2 is 1.59 bits per heavy atom. The van der Waals surface area contributed by atoms with E-state index >= 15 is 0 Å². The first-order valence-electron chi connectivity index (χ1n) is 7.81. The molecule has 2 aliphatic rings. The van der Waals surface area contributed by atoms with Crippen LogP contribution >= 0.6 is 0 Å². The zero-order chi connectivity index (χ0) is 16.1. The lowest BCUT2D eigenvalue weighted by Crippen LogP contribution is -2.56. The number of carbonyl (C=O) groups is 2. The van der Waals surface area contributed by atoms with Gasteiger partial charge < -0.3 is 20.1 Å². The second-order valence-corrected chi connectivity index (χ2v) is 5.81. The van der Waals surface area contributed by atoms with E-state index in [1.54, 1.807) is 0 Å². The van der Waals surface area contributed by atoms with Crippen molar-refractivity contribution >= 4 is 11.9 Å². The summed E-state index contributed by atoms with van der Waals surface area (Å²) in [7, 11) is 0. The molecule has 126 valence electrons. The van der Waals surface area contributed by atoms with Gasteiger partial charge in [0.05, 0.1) is 0 Å². The van der Waals surface area contributed by atoms with Gasteiger partial charge in [-0.25, -0.2) is 19.6 Å². The molecule has 3 N–H and O–H groups in total. The van der Waals surface area contributed by atoms with E-state index in [-0.39, 0.29) is 0 Å². The topological polar surface area (TPSA) is 111 Å². The number of piperidine rings is 2. The minimum absolute atomic E-state index is 0.498. The van der Waals surface area contributed by atoms with Crippen molar-refractivity contribution in [2.45, 2.75) is 57.0 Å². The molecule has 0 aromatic rings. The minimum atomic E-state index is -2.07. The molecule has 3 atom stereocenters. The first-order valence-corrected chi connectivity index (χ1v) is 7.81. The van der Waals surface area contributed by atoms with Crippen LogP contribution in [0.25, 0.3) is 0 Å². The van der Waals surface area contributed by atoms with Crippen LogP contribution in [0.3, 0.4) is 0 Å². The minimum Gasteiger partial charge on any atom is -0.479 e. The quantitative estimate of drug-likeness (QED) is 0.633. The van der Waals surface area contributed by atoms with Crippen LogP contribution in [0.4, 0.5) is 0 Å². The number of carboxylic acids is 2. The third-order valence-corrected chi connectivity index (χ3v) is 4.20. The summed E-state index contributed by atoms with van der Waals surface area (Å²) in [6.07, 6.45) is 1.56. The number of hydrogen-bond donors (Lipinski definition) is 3. The van der Waals surface area contributed by atoms with Gasteiger partial charge in [0.15, 0.2) is 12.2 Å². The van der Waals surface area contributed by atoms with Gasteiger partial charge in [-0.15, -0.1) is 0 Å². The van der Waals surface area contributed by atoms with Crippen molar-refractivity contribution in [3.8, 4) is 0 Å². The predicted octanol–water partition coefficient (Wildman–Crippen LogP) is 0.115. The number of hydrogen-bond acceptors (Lipinski definition) is 6. The summed E-state index contributed by atoms with van der Waals surface area (Å²) in [6.45, 7) is 2.57. The van der Waals surface area contributed by atoms with Gasteiger partial charge in [-0.2, -0.15) is 0 Å². The first-order chi connectivity index (χ1) is 10.5. The van der Waals surface area contributed by atoms with Crippen molar-refractivity contribution in [3.63, 3.8) is 0 Å². The van der Waals surface area contributed by atoms with Crippen LogP contribution in [0, 0.1) is 0 Å². The Kier molecular flexibility index (Phi) is 6.13. The molecule has 8 nitrogen and oxygen atoms in total. The third-order valence-electron chi connectivity index (χ3n) is 4.20. The Bertz CT molecular complexity index is 399. The van der Waals surface area contributed by atoms with Gasteiger partial charge in [-0.1, -0.05) is 6.42 Å². The van der Waals surface area contributed by atoms with Gasteiger partial charge in [-0.3, -0.25) is 0 Å². The van der Waals surface area contributed by atoms with E-state index in [9.17, 15) is 14.7 Å². The van der Waals surface area contributed by atoms with Gasteiger partial charge in [0.25, 0.3) is 0 Å². The molecule has 2 fully saturated rings. The molecule has 22 heavy (non-hydrogen) atoms. The summed E-state index contributed by atoms with van der Waals surface area (Å²) in [4.78, 5) is 22.1. The molecule has 0 amide bonds. The van der Waals surface area contributed by atoms with E-state index < -0.39 is 30.4 Å². The SMILES string of the molecule is O=C(O)[C@@H](O)[C@H](OC1CCCCN1N1CCCCC1)C(=O)O. The maximum atomic E-state index is 11.2. The number of ether oxygens (including phenoxy) is 1. The van der Waals surface area contributed by atoms with Crippen LogP contribution in [-0.2, 0) is 14.3 Å². The molecule has 2 rings (SSSR count). The molecule has 2 heterocycles. The highest BCUT2D eigenvalue weighted by molar-refractivity contribution is 5.83. The van der Waals surface area contributed by atoms with Gasteiger partial charge >= 0.3 is 11.9 Å². The van der Waals surface area contributed by atoms with E-state index in [1.165, 1.54) is 6.42 Å². The number of nitrogens with zero attached hydrogens (tertiary/aromatic N) is 2. The Labute approximate surface area is 129 Å².